The van der Waals surface area contributed by atoms with Gasteiger partial charge in [-0.05, 0) is 17.7 Å². The highest BCUT2D eigenvalue weighted by Gasteiger charge is 2.16. The van der Waals surface area contributed by atoms with Crippen molar-refractivity contribution in [3.63, 3.8) is 0 Å². The summed E-state index contributed by atoms with van der Waals surface area (Å²) in [5.74, 6) is 0.289. The van der Waals surface area contributed by atoms with Gasteiger partial charge < -0.3 is 10.8 Å². The van der Waals surface area contributed by atoms with Crippen molar-refractivity contribution in [3.8, 4) is 11.3 Å². The minimum absolute atomic E-state index is 0.0664. The Kier molecular flexibility index (Phi) is 3.65. The molecule has 1 heterocycles. The summed E-state index contributed by atoms with van der Waals surface area (Å²) in [6, 6.07) is 7.49. The summed E-state index contributed by atoms with van der Waals surface area (Å²) in [6.45, 7) is 7.40. The maximum absolute atomic E-state index is 8.92. The fraction of sp³-hybridized carbons (Fsp3) is 0.167. The van der Waals surface area contributed by atoms with Gasteiger partial charge in [0, 0.05) is 4.47 Å². The number of nitrogens with zero attached hydrogens (tertiary/aromatic N) is 3. The van der Waals surface area contributed by atoms with Crippen molar-refractivity contribution in [2.75, 3.05) is 12.3 Å². The molecule has 2 aromatic rings. The van der Waals surface area contributed by atoms with Gasteiger partial charge in [0.15, 0.2) is 0 Å². The van der Waals surface area contributed by atoms with E-state index in [0.29, 0.717) is 11.4 Å². The average Bonchev–Trinajstić information content (AvgIpc) is 2.68. The Morgan fingerprint density at radius 2 is 2.06 bits per heavy atom. The van der Waals surface area contributed by atoms with Gasteiger partial charge in [0.2, 0.25) is 0 Å². The van der Waals surface area contributed by atoms with Gasteiger partial charge in [0.05, 0.1) is 19.7 Å². The van der Waals surface area contributed by atoms with Gasteiger partial charge in [0.1, 0.15) is 11.5 Å². The molecule has 0 fully saturated rings. The van der Waals surface area contributed by atoms with E-state index in [9.17, 15) is 0 Å². The molecule has 2 rings (SSSR count). The fourth-order valence-corrected chi connectivity index (χ4v) is 1.91. The molecule has 0 aliphatic heterocycles. The highest BCUT2D eigenvalue weighted by atomic mass is 79.9. The van der Waals surface area contributed by atoms with Crippen molar-refractivity contribution in [2.45, 2.75) is 6.54 Å². The third kappa shape index (κ3) is 2.23. The first kappa shape index (κ1) is 12.6. The zero-order valence-electron chi connectivity index (χ0n) is 9.47. The van der Waals surface area contributed by atoms with Gasteiger partial charge in [0.25, 0.3) is 5.69 Å². The molecule has 0 saturated carbocycles. The summed E-state index contributed by atoms with van der Waals surface area (Å²) < 4.78 is 2.41. The molecule has 5 nitrogen and oxygen atoms in total. The number of aliphatic hydroxyl groups excluding tert-OH is 1. The highest BCUT2D eigenvalue weighted by Crippen LogP contribution is 2.35. The Labute approximate surface area is 113 Å². The minimum Gasteiger partial charge on any atom is -0.394 e. The van der Waals surface area contributed by atoms with Gasteiger partial charge >= 0.3 is 0 Å². The molecule has 1 aromatic heterocycles. The average molecular weight is 307 g/mol. The molecular formula is C12H11BrN4O. The monoisotopic (exact) mass is 306 g/mol. The Hall–Kier alpha value is -1.84. The standard InChI is InChI=1S/C12H11BrN4O/c1-15-11-10(8-2-4-9(13)5-3-8)16-17(6-7-18)12(11)14/h2-5,18H,6-7,14H2. The van der Waals surface area contributed by atoms with E-state index >= 15 is 0 Å². The summed E-state index contributed by atoms with van der Waals surface area (Å²) >= 11 is 3.35. The van der Waals surface area contributed by atoms with Crippen LogP contribution in [0.4, 0.5) is 11.5 Å². The van der Waals surface area contributed by atoms with Crippen LogP contribution in [0.15, 0.2) is 28.7 Å². The van der Waals surface area contributed by atoms with Crippen LogP contribution in [0.25, 0.3) is 16.1 Å². The van der Waals surface area contributed by atoms with Gasteiger partial charge in [-0.25, -0.2) is 4.85 Å². The van der Waals surface area contributed by atoms with Crippen molar-refractivity contribution >= 4 is 27.4 Å². The van der Waals surface area contributed by atoms with Gasteiger partial charge in [-0.3, -0.25) is 4.68 Å². The molecule has 0 amide bonds. The molecule has 92 valence electrons. The Balaban J connectivity index is 2.54. The molecule has 18 heavy (non-hydrogen) atoms. The SMILES string of the molecule is [C-]#[N+]c1c(-c2ccc(Br)cc2)nn(CCO)c1N. The fourth-order valence-electron chi connectivity index (χ4n) is 1.64. The van der Waals surface area contributed by atoms with E-state index in [2.05, 4.69) is 25.9 Å². The number of aliphatic hydroxyl groups is 1. The van der Waals surface area contributed by atoms with Crippen LogP contribution in [0.2, 0.25) is 0 Å². The number of aromatic nitrogens is 2. The van der Waals surface area contributed by atoms with Gasteiger partial charge in [-0.15, -0.1) is 0 Å². The maximum Gasteiger partial charge on any atom is 0.254 e. The lowest BCUT2D eigenvalue weighted by atomic mass is 10.1. The van der Waals surface area contributed by atoms with Crippen LogP contribution < -0.4 is 5.73 Å². The van der Waals surface area contributed by atoms with Crippen LogP contribution in [-0.4, -0.2) is 21.5 Å². The van der Waals surface area contributed by atoms with Crippen molar-refractivity contribution in [1.29, 1.82) is 0 Å². The topological polar surface area (TPSA) is 68.4 Å². The van der Waals surface area contributed by atoms with Crippen LogP contribution in [0.5, 0.6) is 0 Å². The lowest BCUT2D eigenvalue weighted by molar-refractivity contribution is 0.270. The number of halogens is 1. The molecule has 0 bridgehead atoms. The Bertz CT molecular complexity index is 598. The third-order valence-corrected chi connectivity index (χ3v) is 3.04. The molecule has 6 heteroatoms. The summed E-state index contributed by atoms with van der Waals surface area (Å²) in [5.41, 5.74) is 7.53. The number of hydrogen-bond donors (Lipinski definition) is 2. The van der Waals surface area contributed by atoms with Gasteiger partial charge in [-0.2, -0.15) is 5.10 Å². The van der Waals surface area contributed by atoms with Crippen LogP contribution >= 0.6 is 15.9 Å². The molecule has 0 saturated heterocycles. The highest BCUT2D eigenvalue weighted by molar-refractivity contribution is 9.10. The molecule has 0 aliphatic rings. The normalized spacial score (nSPS) is 10.3. The van der Waals surface area contributed by atoms with Crippen molar-refractivity contribution in [3.05, 3.63) is 40.2 Å². The van der Waals surface area contributed by atoms with E-state index in [1.54, 1.807) is 0 Å². The summed E-state index contributed by atoms with van der Waals surface area (Å²) in [7, 11) is 0. The van der Waals surface area contributed by atoms with E-state index < -0.39 is 0 Å². The number of nitrogens with two attached hydrogens (primary N) is 1. The quantitative estimate of drug-likeness (QED) is 0.856. The second-order valence-electron chi connectivity index (χ2n) is 3.65. The Morgan fingerprint density at radius 3 is 2.61 bits per heavy atom. The Morgan fingerprint density at radius 1 is 1.39 bits per heavy atom. The maximum atomic E-state index is 8.92. The van der Waals surface area contributed by atoms with Crippen LogP contribution in [0.1, 0.15) is 0 Å². The number of hydrogen-bond acceptors (Lipinski definition) is 3. The van der Waals surface area contributed by atoms with E-state index in [0.717, 1.165) is 10.0 Å². The first-order valence-electron chi connectivity index (χ1n) is 5.28. The summed E-state index contributed by atoms with van der Waals surface area (Å²) in [4.78, 5) is 3.42. The minimum atomic E-state index is -0.0664. The van der Waals surface area contributed by atoms with E-state index in [4.69, 9.17) is 17.4 Å². The molecule has 0 aliphatic carbocycles. The third-order valence-electron chi connectivity index (χ3n) is 2.51. The second-order valence-corrected chi connectivity index (χ2v) is 4.56. The first-order chi connectivity index (χ1) is 8.67. The lowest BCUT2D eigenvalue weighted by Gasteiger charge is -2.00. The molecule has 0 unspecified atom stereocenters. The molecule has 3 N–H and O–H groups in total. The summed E-state index contributed by atoms with van der Waals surface area (Å²) in [6.07, 6.45) is 0. The van der Waals surface area contributed by atoms with Crippen molar-refractivity contribution in [1.82, 2.24) is 9.78 Å². The van der Waals surface area contributed by atoms with Crippen LogP contribution in [0, 0.1) is 6.57 Å². The largest absolute Gasteiger partial charge is 0.394 e. The van der Waals surface area contributed by atoms with E-state index in [1.165, 1.54) is 4.68 Å². The summed E-state index contributed by atoms with van der Waals surface area (Å²) in [5, 5.41) is 13.2. The predicted octanol–water partition coefficient (Wildman–Crippen LogP) is 2.44. The van der Waals surface area contributed by atoms with Gasteiger partial charge in [-0.1, -0.05) is 28.1 Å². The van der Waals surface area contributed by atoms with E-state index in [-0.39, 0.29) is 19.0 Å². The number of rotatable bonds is 3. The van der Waals surface area contributed by atoms with Crippen LogP contribution in [0.3, 0.4) is 0 Å². The molecule has 0 radical (unpaired) electrons. The van der Waals surface area contributed by atoms with Crippen LogP contribution in [-0.2, 0) is 6.54 Å². The van der Waals surface area contributed by atoms with E-state index in [1.807, 2.05) is 24.3 Å². The number of benzene rings is 1. The smallest absolute Gasteiger partial charge is 0.254 e. The zero-order valence-corrected chi connectivity index (χ0v) is 11.1. The molecule has 0 atom stereocenters. The molecule has 0 spiro atoms. The number of anilines is 1. The lowest BCUT2D eigenvalue weighted by Crippen LogP contribution is -2.07. The van der Waals surface area contributed by atoms with Crippen molar-refractivity contribution < 1.29 is 5.11 Å². The molecular weight excluding hydrogens is 296 g/mol. The number of nitrogen functional groups attached to an aromatic ring is 1. The zero-order chi connectivity index (χ0) is 13.1. The second kappa shape index (κ2) is 5.21. The van der Waals surface area contributed by atoms with Crippen molar-refractivity contribution in [2.24, 2.45) is 0 Å². The predicted molar refractivity (Wildman–Crippen MR) is 73.1 cm³/mol. The first-order valence-corrected chi connectivity index (χ1v) is 6.07. The molecule has 1 aromatic carbocycles.